The Morgan fingerprint density at radius 2 is 1.82 bits per heavy atom. The normalized spacial score (nSPS) is 27.4. The highest BCUT2D eigenvalue weighted by atomic mass is 16.6. The molecule has 8 nitrogen and oxygen atoms in total. The number of hydrogen-bond donors (Lipinski definition) is 1. The second kappa shape index (κ2) is 6.98. The number of Topliss-reactive ketones (excluding diaryl/α,β-unsaturated/α-hetero) is 1. The van der Waals surface area contributed by atoms with Crippen molar-refractivity contribution >= 4 is 23.1 Å². The van der Waals surface area contributed by atoms with Crippen molar-refractivity contribution in [3.05, 3.63) is 99.6 Å². The lowest BCUT2D eigenvalue weighted by atomic mass is 9.57. The Kier molecular flexibility index (Phi) is 4.22. The van der Waals surface area contributed by atoms with Gasteiger partial charge in [0.25, 0.3) is 11.6 Å². The summed E-state index contributed by atoms with van der Waals surface area (Å²) in [5.74, 6) is -0.523. The predicted molar refractivity (Wildman–Crippen MR) is 124 cm³/mol. The van der Waals surface area contributed by atoms with Crippen molar-refractivity contribution in [2.45, 2.75) is 11.5 Å². The number of fused-ring (bicyclic) bond motifs is 4. The van der Waals surface area contributed by atoms with Gasteiger partial charge in [0.05, 0.1) is 10.5 Å². The number of amides is 1. The van der Waals surface area contributed by atoms with Crippen molar-refractivity contribution in [1.82, 2.24) is 4.90 Å². The van der Waals surface area contributed by atoms with Gasteiger partial charge in [0, 0.05) is 35.8 Å². The number of hydrogen-bond acceptors (Lipinski definition) is 6. The van der Waals surface area contributed by atoms with Gasteiger partial charge in [0.2, 0.25) is 0 Å². The van der Waals surface area contributed by atoms with Gasteiger partial charge in [-0.2, -0.15) is 0 Å². The van der Waals surface area contributed by atoms with E-state index in [4.69, 9.17) is 4.74 Å². The van der Waals surface area contributed by atoms with Crippen LogP contribution in [0.1, 0.15) is 27.4 Å². The number of rotatable bonds is 2. The second-order valence-electron chi connectivity index (χ2n) is 9.08. The number of carbonyl (C=O) groups excluding carboxylic acids is 2. The molecule has 3 heterocycles. The number of anilines is 1. The van der Waals surface area contributed by atoms with E-state index in [1.54, 1.807) is 36.4 Å². The molecule has 1 fully saturated rings. The first-order valence-corrected chi connectivity index (χ1v) is 11.0. The van der Waals surface area contributed by atoms with E-state index in [9.17, 15) is 19.7 Å². The zero-order valence-electron chi connectivity index (χ0n) is 18.4. The molecule has 0 radical (unpaired) electrons. The number of para-hydroxylation sites is 2. The third kappa shape index (κ3) is 2.35. The van der Waals surface area contributed by atoms with Crippen molar-refractivity contribution in [3.8, 4) is 5.75 Å². The van der Waals surface area contributed by atoms with Gasteiger partial charge < -0.3 is 10.1 Å². The van der Waals surface area contributed by atoms with Crippen LogP contribution in [0.5, 0.6) is 5.75 Å². The predicted octanol–water partition coefficient (Wildman–Crippen LogP) is 3.73. The van der Waals surface area contributed by atoms with E-state index < -0.39 is 21.8 Å². The number of likely N-dealkylation sites (tertiary alicyclic amines) is 1. The highest BCUT2D eigenvalue weighted by Crippen LogP contribution is 2.64. The Balaban J connectivity index is 1.66. The molecule has 0 unspecified atom stereocenters. The molecule has 3 aliphatic heterocycles. The lowest BCUT2D eigenvalue weighted by Crippen LogP contribution is -2.62. The molecule has 1 N–H and O–H groups in total. The van der Waals surface area contributed by atoms with Gasteiger partial charge in [-0.25, -0.2) is 0 Å². The molecule has 6 rings (SSSR count). The number of likely N-dealkylation sites (N-methyl/N-ethyl adjacent to an activating group) is 1. The smallest absolute Gasteiger partial charge is 0.269 e. The second-order valence-corrected chi connectivity index (χ2v) is 9.08. The minimum atomic E-state index is -1.33. The van der Waals surface area contributed by atoms with Crippen LogP contribution in [0.3, 0.4) is 0 Å². The van der Waals surface area contributed by atoms with Gasteiger partial charge in [0.15, 0.2) is 5.78 Å². The molecule has 0 aliphatic carbocycles. The zero-order valence-corrected chi connectivity index (χ0v) is 18.4. The molecular formula is C26H21N3O5. The molecule has 3 aromatic carbocycles. The SMILES string of the molecule is CN1C[C@H](c2cccc([N+](=O)[O-])c2)[C@]2(COc3ccccc3C2=O)[C@]12C(=O)Nc1ccccc12. The topological polar surface area (TPSA) is 102 Å². The standard InChI is InChI=1S/C26H21N3O5/c1-28-14-20(16-7-6-8-17(13-16)29(32)33)25(15-34-22-12-5-2-9-18(22)23(25)30)26(28)19-10-3-4-11-21(19)27-24(26)31/h2-13,20H,14-15H2,1H3,(H,27,31)/t20-,25+,26+/m1/s1. The molecular weight excluding hydrogens is 434 g/mol. The summed E-state index contributed by atoms with van der Waals surface area (Å²) in [5, 5.41) is 14.5. The van der Waals surface area contributed by atoms with E-state index in [-0.39, 0.29) is 24.0 Å². The maximum atomic E-state index is 14.5. The minimum Gasteiger partial charge on any atom is -0.492 e. The quantitative estimate of drug-likeness (QED) is 0.467. The van der Waals surface area contributed by atoms with Crippen LogP contribution in [0.15, 0.2) is 72.8 Å². The van der Waals surface area contributed by atoms with E-state index in [2.05, 4.69) is 5.32 Å². The van der Waals surface area contributed by atoms with Crippen LogP contribution < -0.4 is 10.1 Å². The molecule has 34 heavy (non-hydrogen) atoms. The maximum absolute atomic E-state index is 14.5. The number of nitro groups is 1. The van der Waals surface area contributed by atoms with Gasteiger partial charge >= 0.3 is 0 Å². The first kappa shape index (κ1) is 20.6. The van der Waals surface area contributed by atoms with Crippen LogP contribution in [0.2, 0.25) is 0 Å². The van der Waals surface area contributed by atoms with Gasteiger partial charge in [-0.05, 0) is 30.8 Å². The van der Waals surface area contributed by atoms with Gasteiger partial charge in [0.1, 0.15) is 23.3 Å². The molecule has 2 spiro atoms. The molecule has 170 valence electrons. The Morgan fingerprint density at radius 3 is 2.65 bits per heavy atom. The largest absolute Gasteiger partial charge is 0.492 e. The van der Waals surface area contributed by atoms with E-state index in [0.29, 0.717) is 34.7 Å². The summed E-state index contributed by atoms with van der Waals surface area (Å²) < 4.78 is 6.20. The Hall–Kier alpha value is -4.04. The number of nitrogens with one attached hydrogen (secondary N) is 1. The van der Waals surface area contributed by atoms with E-state index in [0.717, 1.165) is 0 Å². The van der Waals surface area contributed by atoms with Crippen LogP contribution in [0, 0.1) is 15.5 Å². The van der Waals surface area contributed by atoms with Crippen molar-refractivity contribution in [2.75, 3.05) is 25.5 Å². The summed E-state index contributed by atoms with van der Waals surface area (Å²) in [6, 6.07) is 20.8. The third-order valence-corrected chi connectivity index (χ3v) is 7.64. The van der Waals surface area contributed by atoms with Crippen LogP contribution >= 0.6 is 0 Å². The van der Waals surface area contributed by atoms with Gasteiger partial charge in [-0.3, -0.25) is 24.6 Å². The monoisotopic (exact) mass is 455 g/mol. The fraction of sp³-hybridized carbons (Fsp3) is 0.231. The van der Waals surface area contributed by atoms with Crippen molar-refractivity contribution in [3.63, 3.8) is 0 Å². The zero-order chi connectivity index (χ0) is 23.7. The number of benzene rings is 3. The summed E-state index contributed by atoms with van der Waals surface area (Å²) >= 11 is 0. The minimum absolute atomic E-state index is 0.0255. The maximum Gasteiger partial charge on any atom is 0.269 e. The number of ketones is 1. The molecule has 3 atom stereocenters. The molecule has 8 heteroatoms. The number of ether oxygens (including phenoxy) is 1. The van der Waals surface area contributed by atoms with Crippen LogP contribution in [-0.4, -0.2) is 41.7 Å². The average molecular weight is 455 g/mol. The summed E-state index contributed by atoms with van der Waals surface area (Å²) in [5.41, 5.74) is -0.303. The van der Waals surface area contributed by atoms with Crippen molar-refractivity contribution in [1.29, 1.82) is 0 Å². The fourth-order valence-corrected chi connectivity index (χ4v) is 6.27. The molecule has 3 aromatic rings. The average Bonchev–Trinajstić information content (AvgIpc) is 3.30. The lowest BCUT2D eigenvalue weighted by molar-refractivity contribution is -0.384. The van der Waals surface area contributed by atoms with E-state index in [1.165, 1.54) is 12.1 Å². The summed E-state index contributed by atoms with van der Waals surface area (Å²) in [6.45, 7) is 0.322. The van der Waals surface area contributed by atoms with Crippen LogP contribution in [0.4, 0.5) is 11.4 Å². The Labute approximate surface area is 195 Å². The van der Waals surface area contributed by atoms with E-state index in [1.807, 2.05) is 36.2 Å². The molecule has 0 aromatic heterocycles. The van der Waals surface area contributed by atoms with Crippen LogP contribution in [-0.2, 0) is 10.3 Å². The highest BCUT2D eigenvalue weighted by Gasteiger charge is 2.75. The molecule has 0 bridgehead atoms. The van der Waals surface area contributed by atoms with E-state index >= 15 is 0 Å². The van der Waals surface area contributed by atoms with Crippen LogP contribution in [0.25, 0.3) is 0 Å². The summed E-state index contributed by atoms with van der Waals surface area (Å²) in [4.78, 5) is 41.4. The third-order valence-electron chi connectivity index (χ3n) is 7.64. The number of carbonyl (C=O) groups is 2. The van der Waals surface area contributed by atoms with Crippen molar-refractivity contribution < 1.29 is 19.2 Å². The number of non-ortho nitro benzene ring substituents is 1. The van der Waals surface area contributed by atoms with Gasteiger partial charge in [-0.1, -0.05) is 42.5 Å². The first-order valence-electron chi connectivity index (χ1n) is 11.0. The number of nitrogens with zero attached hydrogens (tertiary/aromatic N) is 2. The summed E-state index contributed by atoms with van der Waals surface area (Å²) in [6.07, 6.45) is 0. The highest BCUT2D eigenvalue weighted by molar-refractivity contribution is 6.15. The lowest BCUT2D eigenvalue weighted by Gasteiger charge is -2.47. The van der Waals surface area contributed by atoms with Crippen molar-refractivity contribution in [2.24, 2.45) is 5.41 Å². The molecule has 0 saturated carbocycles. The fourth-order valence-electron chi connectivity index (χ4n) is 6.27. The molecule has 1 amide bonds. The number of nitro benzene ring substituents is 1. The molecule has 1 saturated heterocycles. The first-order chi connectivity index (χ1) is 16.4. The van der Waals surface area contributed by atoms with Gasteiger partial charge in [-0.15, -0.1) is 0 Å². The molecule has 3 aliphatic rings. The Bertz CT molecular complexity index is 1390. The summed E-state index contributed by atoms with van der Waals surface area (Å²) in [7, 11) is 1.83. The Morgan fingerprint density at radius 1 is 1.06 bits per heavy atom.